The first kappa shape index (κ1) is 13.4. The minimum Gasteiger partial charge on any atom is -0.395 e. The Kier molecular flexibility index (Phi) is 4.45. The zero-order valence-corrected chi connectivity index (χ0v) is 10.5. The molecule has 0 aliphatic carbocycles. The van der Waals surface area contributed by atoms with Gasteiger partial charge in [-0.3, -0.25) is 4.79 Å². The Labute approximate surface area is 101 Å². The number of hydrogen-bond acceptors (Lipinski definition) is 4. The molecule has 5 nitrogen and oxygen atoms in total. The first-order chi connectivity index (χ1) is 7.95. The molecule has 0 saturated carbocycles. The van der Waals surface area contributed by atoms with Crippen molar-refractivity contribution in [3.63, 3.8) is 0 Å². The molecule has 1 rings (SSSR count). The Morgan fingerprint density at radius 2 is 2.18 bits per heavy atom. The summed E-state index contributed by atoms with van der Waals surface area (Å²) in [7, 11) is 0. The SMILES string of the molecule is Cc1cc(C(=O)N(CCO)C(C)C)cc(N)n1. The number of pyridine rings is 1. The number of nitrogens with two attached hydrogens (primary N) is 1. The number of rotatable bonds is 4. The van der Waals surface area contributed by atoms with Gasteiger partial charge in [-0.05, 0) is 32.9 Å². The van der Waals surface area contributed by atoms with Crippen LogP contribution in [0.2, 0.25) is 0 Å². The van der Waals surface area contributed by atoms with Gasteiger partial charge in [0.1, 0.15) is 5.82 Å². The lowest BCUT2D eigenvalue weighted by Crippen LogP contribution is -2.39. The number of carbonyl (C=O) groups excluding carboxylic acids is 1. The number of aromatic nitrogens is 1. The second kappa shape index (κ2) is 5.63. The summed E-state index contributed by atoms with van der Waals surface area (Å²) in [5.41, 5.74) is 6.84. The van der Waals surface area contributed by atoms with Crippen LogP contribution in [0.15, 0.2) is 12.1 Å². The van der Waals surface area contributed by atoms with Crippen LogP contribution in [0, 0.1) is 6.92 Å². The molecule has 1 heterocycles. The average Bonchev–Trinajstić information content (AvgIpc) is 2.23. The van der Waals surface area contributed by atoms with E-state index in [0.29, 0.717) is 23.6 Å². The van der Waals surface area contributed by atoms with E-state index in [4.69, 9.17) is 10.8 Å². The van der Waals surface area contributed by atoms with Gasteiger partial charge in [0, 0.05) is 23.8 Å². The van der Waals surface area contributed by atoms with Gasteiger partial charge in [-0.2, -0.15) is 0 Å². The van der Waals surface area contributed by atoms with Crippen molar-refractivity contribution in [2.45, 2.75) is 26.8 Å². The number of nitrogens with zero attached hydrogens (tertiary/aromatic N) is 2. The highest BCUT2D eigenvalue weighted by atomic mass is 16.3. The van der Waals surface area contributed by atoms with Crippen LogP contribution >= 0.6 is 0 Å². The van der Waals surface area contributed by atoms with E-state index in [2.05, 4.69) is 4.98 Å². The molecular weight excluding hydrogens is 218 g/mol. The molecule has 0 aromatic carbocycles. The molecule has 0 atom stereocenters. The van der Waals surface area contributed by atoms with E-state index < -0.39 is 0 Å². The molecule has 17 heavy (non-hydrogen) atoms. The summed E-state index contributed by atoms with van der Waals surface area (Å²) in [5.74, 6) is 0.201. The Morgan fingerprint density at radius 1 is 1.53 bits per heavy atom. The number of nitrogen functional groups attached to an aromatic ring is 1. The van der Waals surface area contributed by atoms with Crippen molar-refractivity contribution < 1.29 is 9.90 Å². The fraction of sp³-hybridized carbons (Fsp3) is 0.500. The van der Waals surface area contributed by atoms with Crippen LogP contribution in [0.4, 0.5) is 5.82 Å². The van der Waals surface area contributed by atoms with E-state index in [1.165, 1.54) is 0 Å². The fourth-order valence-electron chi connectivity index (χ4n) is 1.69. The summed E-state index contributed by atoms with van der Waals surface area (Å²) >= 11 is 0. The number of amides is 1. The number of anilines is 1. The molecule has 0 radical (unpaired) electrons. The van der Waals surface area contributed by atoms with E-state index in [-0.39, 0.29) is 18.6 Å². The van der Waals surface area contributed by atoms with Crippen molar-refractivity contribution in [2.75, 3.05) is 18.9 Å². The van der Waals surface area contributed by atoms with Crippen molar-refractivity contribution >= 4 is 11.7 Å². The quantitative estimate of drug-likeness (QED) is 0.812. The summed E-state index contributed by atoms with van der Waals surface area (Å²) in [6.45, 7) is 5.87. The molecule has 0 saturated heterocycles. The summed E-state index contributed by atoms with van der Waals surface area (Å²) in [6, 6.07) is 3.29. The van der Waals surface area contributed by atoms with Crippen molar-refractivity contribution in [2.24, 2.45) is 0 Å². The Hall–Kier alpha value is -1.62. The van der Waals surface area contributed by atoms with Crippen molar-refractivity contribution in [1.29, 1.82) is 0 Å². The largest absolute Gasteiger partial charge is 0.395 e. The highest BCUT2D eigenvalue weighted by molar-refractivity contribution is 5.95. The second-order valence-corrected chi connectivity index (χ2v) is 4.24. The topological polar surface area (TPSA) is 79.5 Å². The second-order valence-electron chi connectivity index (χ2n) is 4.24. The van der Waals surface area contributed by atoms with E-state index in [1.807, 2.05) is 13.8 Å². The Bertz CT molecular complexity index is 384. The lowest BCUT2D eigenvalue weighted by Gasteiger charge is -2.26. The number of carbonyl (C=O) groups is 1. The van der Waals surface area contributed by atoms with Crippen LogP contribution in [0.3, 0.4) is 0 Å². The van der Waals surface area contributed by atoms with Gasteiger partial charge >= 0.3 is 0 Å². The molecule has 0 aliphatic rings. The molecule has 0 spiro atoms. The van der Waals surface area contributed by atoms with Crippen LogP contribution in [-0.4, -0.2) is 40.1 Å². The minimum absolute atomic E-state index is 0.0318. The van der Waals surface area contributed by atoms with E-state index in [0.717, 1.165) is 0 Å². The van der Waals surface area contributed by atoms with Gasteiger partial charge in [0.15, 0.2) is 0 Å². The molecule has 0 unspecified atom stereocenters. The monoisotopic (exact) mass is 237 g/mol. The number of hydrogen-bond donors (Lipinski definition) is 2. The first-order valence-corrected chi connectivity index (χ1v) is 5.61. The highest BCUT2D eigenvalue weighted by Crippen LogP contribution is 2.12. The van der Waals surface area contributed by atoms with Crippen molar-refractivity contribution in [3.8, 4) is 0 Å². The highest BCUT2D eigenvalue weighted by Gasteiger charge is 2.18. The number of aliphatic hydroxyl groups is 1. The lowest BCUT2D eigenvalue weighted by molar-refractivity contribution is 0.0665. The summed E-state index contributed by atoms with van der Waals surface area (Å²) < 4.78 is 0. The Balaban J connectivity index is 3.00. The number of aliphatic hydroxyl groups excluding tert-OH is 1. The van der Waals surface area contributed by atoms with Gasteiger partial charge in [0.25, 0.3) is 5.91 Å². The van der Waals surface area contributed by atoms with Crippen LogP contribution in [0.1, 0.15) is 29.9 Å². The summed E-state index contributed by atoms with van der Waals surface area (Å²) in [4.78, 5) is 17.8. The van der Waals surface area contributed by atoms with Crippen LogP contribution in [-0.2, 0) is 0 Å². The van der Waals surface area contributed by atoms with Gasteiger partial charge in [0.2, 0.25) is 0 Å². The molecule has 94 valence electrons. The third kappa shape index (κ3) is 3.42. The molecule has 1 aromatic rings. The van der Waals surface area contributed by atoms with Crippen LogP contribution in [0.25, 0.3) is 0 Å². The van der Waals surface area contributed by atoms with Gasteiger partial charge in [-0.1, -0.05) is 0 Å². The third-order valence-electron chi connectivity index (χ3n) is 2.45. The zero-order chi connectivity index (χ0) is 13.0. The molecule has 0 fully saturated rings. The third-order valence-corrected chi connectivity index (χ3v) is 2.45. The maximum atomic E-state index is 12.2. The molecule has 0 aliphatic heterocycles. The maximum absolute atomic E-state index is 12.2. The van der Waals surface area contributed by atoms with Gasteiger partial charge < -0.3 is 15.7 Å². The van der Waals surface area contributed by atoms with Gasteiger partial charge in [-0.25, -0.2) is 4.98 Å². The van der Waals surface area contributed by atoms with Gasteiger partial charge in [-0.15, -0.1) is 0 Å². The number of aryl methyl sites for hydroxylation is 1. The predicted molar refractivity (Wildman–Crippen MR) is 66.6 cm³/mol. The lowest BCUT2D eigenvalue weighted by atomic mass is 10.1. The molecule has 5 heteroatoms. The molecule has 1 amide bonds. The maximum Gasteiger partial charge on any atom is 0.254 e. The summed E-state index contributed by atoms with van der Waals surface area (Å²) in [5, 5.41) is 8.96. The Morgan fingerprint density at radius 3 is 2.65 bits per heavy atom. The minimum atomic E-state index is -0.133. The summed E-state index contributed by atoms with van der Waals surface area (Å²) in [6.07, 6.45) is 0. The predicted octanol–water partition coefficient (Wildman–Crippen LogP) is 0.815. The van der Waals surface area contributed by atoms with E-state index in [1.54, 1.807) is 24.0 Å². The average molecular weight is 237 g/mol. The molecular formula is C12H19N3O2. The van der Waals surface area contributed by atoms with Gasteiger partial charge in [0.05, 0.1) is 6.61 Å². The zero-order valence-electron chi connectivity index (χ0n) is 10.5. The molecule has 0 bridgehead atoms. The molecule has 1 aromatic heterocycles. The normalized spacial score (nSPS) is 10.6. The smallest absolute Gasteiger partial charge is 0.254 e. The first-order valence-electron chi connectivity index (χ1n) is 5.61. The van der Waals surface area contributed by atoms with E-state index in [9.17, 15) is 4.79 Å². The standard InChI is InChI=1S/C12H19N3O2/c1-8(2)15(4-5-16)12(17)10-6-9(3)14-11(13)7-10/h6-8,16H,4-5H2,1-3H3,(H2,13,14). The van der Waals surface area contributed by atoms with Crippen LogP contribution in [0.5, 0.6) is 0 Å². The fourth-order valence-corrected chi connectivity index (χ4v) is 1.69. The van der Waals surface area contributed by atoms with Crippen molar-refractivity contribution in [3.05, 3.63) is 23.4 Å². The molecule has 3 N–H and O–H groups in total. The van der Waals surface area contributed by atoms with E-state index >= 15 is 0 Å². The van der Waals surface area contributed by atoms with Crippen molar-refractivity contribution in [1.82, 2.24) is 9.88 Å². The van der Waals surface area contributed by atoms with Crippen LogP contribution < -0.4 is 5.73 Å².